The number of aromatic nitrogens is 5. The second kappa shape index (κ2) is 7.37. The number of rotatable bonds is 5. The molecule has 0 amide bonds. The molecule has 0 aliphatic carbocycles. The lowest BCUT2D eigenvalue weighted by atomic mass is 10.1. The van der Waals surface area contributed by atoms with E-state index in [-0.39, 0.29) is 19.0 Å². The Bertz CT molecular complexity index is 926. The summed E-state index contributed by atoms with van der Waals surface area (Å²) in [5, 5.41) is 5.42. The fourth-order valence-electron chi connectivity index (χ4n) is 2.38. The maximum absolute atomic E-state index is 12.2. The van der Waals surface area contributed by atoms with E-state index < -0.39 is 0 Å². The van der Waals surface area contributed by atoms with Crippen LogP contribution >= 0.6 is 23.4 Å². The Hall–Kier alpha value is -2.19. The summed E-state index contributed by atoms with van der Waals surface area (Å²) < 4.78 is 6.98. The van der Waals surface area contributed by atoms with Crippen LogP contribution in [0.1, 0.15) is 22.5 Å². The molecule has 0 aromatic carbocycles. The molecule has 0 bridgehead atoms. The quantitative estimate of drug-likeness (QED) is 0.384. The average molecular weight is 378 g/mol. The molecule has 0 aliphatic heterocycles. The number of thioether (sulfide) groups is 1. The smallest absolute Gasteiger partial charge is 0.310 e. The molecule has 130 valence electrons. The summed E-state index contributed by atoms with van der Waals surface area (Å²) in [5.41, 5.74) is 3.15. The Morgan fingerprint density at radius 1 is 1.32 bits per heavy atom. The van der Waals surface area contributed by atoms with E-state index in [0.29, 0.717) is 16.1 Å². The van der Waals surface area contributed by atoms with Crippen LogP contribution in [0.25, 0.3) is 5.78 Å². The molecular formula is C16H16ClN5O2S. The zero-order valence-electron chi connectivity index (χ0n) is 14.0. The van der Waals surface area contributed by atoms with E-state index in [0.717, 1.165) is 22.5 Å². The van der Waals surface area contributed by atoms with Gasteiger partial charge in [-0.15, -0.1) is 5.10 Å². The van der Waals surface area contributed by atoms with E-state index in [1.165, 1.54) is 11.8 Å². The van der Waals surface area contributed by atoms with E-state index in [1.54, 1.807) is 22.8 Å². The molecule has 0 fully saturated rings. The van der Waals surface area contributed by atoms with Crippen LogP contribution in [0.4, 0.5) is 0 Å². The van der Waals surface area contributed by atoms with Gasteiger partial charge in [0.1, 0.15) is 11.8 Å². The Morgan fingerprint density at radius 3 is 2.80 bits per heavy atom. The molecular weight excluding hydrogens is 362 g/mol. The van der Waals surface area contributed by atoms with Crippen molar-refractivity contribution in [1.82, 2.24) is 24.6 Å². The summed E-state index contributed by atoms with van der Waals surface area (Å²) in [6.45, 7) is 3.90. The maximum Gasteiger partial charge on any atom is 0.310 e. The van der Waals surface area contributed by atoms with Crippen molar-refractivity contribution in [3.05, 3.63) is 46.0 Å². The lowest BCUT2D eigenvalue weighted by Gasteiger charge is -2.10. The molecule has 9 heteroatoms. The Labute approximate surface area is 153 Å². The summed E-state index contributed by atoms with van der Waals surface area (Å²) >= 11 is 7.18. The highest BCUT2D eigenvalue weighted by Crippen LogP contribution is 2.17. The second-order valence-electron chi connectivity index (χ2n) is 5.40. The van der Waals surface area contributed by atoms with Crippen molar-refractivity contribution >= 4 is 35.1 Å². The van der Waals surface area contributed by atoms with Gasteiger partial charge in [-0.05, 0) is 26.2 Å². The number of pyridine rings is 1. The van der Waals surface area contributed by atoms with Crippen molar-refractivity contribution in [3.63, 3.8) is 0 Å². The molecule has 0 aliphatic rings. The standard InChI is InChI=1S/C16H16ClN5O2S/c1-9-12(10(2)22-15(19-9)20-16(21-22)25-3)6-14(23)24-8-11-4-5-13(17)18-7-11/h4-5,7H,6,8H2,1-3H3. The molecule has 0 atom stereocenters. The van der Waals surface area contributed by atoms with Crippen molar-refractivity contribution in [2.75, 3.05) is 6.26 Å². The molecule has 0 N–H and O–H groups in total. The summed E-state index contributed by atoms with van der Waals surface area (Å²) in [6, 6.07) is 3.43. The summed E-state index contributed by atoms with van der Waals surface area (Å²) in [7, 11) is 0. The second-order valence-corrected chi connectivity index (χ2v) is 6.56. The number of ether oxygens (including phenoxy) is 1. The molecule has 3 rings (SSSR count). The third-order valence-corrected chi connectivity index (χ3v) is 4.48. The minimum absolute atomic E-state index is 0.121. The van der Waals surface area contributed by atoms with Gasteiger partial charge in [-0.1, -0.05) is 29.4 Å². The minimum Gasteiger partial charge on any atom is -0.460 e. The van der Waals surface area contributed by atoms with Crippen LogP contribution in [0.15, 0.2) is 23.5 Å². The highest BCUT2D eigenvalue weighted by Gasteiger charge is 2.16. The summed E-state index contributed by atoms with van der Waals surface area (Å²) in [5.74, 6) is 0.191. The molecule has 25 heavy (non-hydrogen) atoms. The highest BCUT2D eigenvalue weighted by atomic mass is 35.5. The molecule has 3 aromatic heterocycles. The van der Waals surface area contributed by atoms with Gasteiger partial charge in [0.2, 0.25) is 5.16 Å². The van der Waals surface area contributed by atoms with Crippen molar-refractivity contribution in [3.8, 4) is 0 Å². The number of carbonyl (C=O) groups is 1. The van der Waals surface area contributed by atoms with Crippen molar-refractivity contribution in [2.24, 2.45) is 0 Å². The fraction of sp³-hybridized carbons (Fsp3) is 0.312. The lowest BCUT2D eigenvalue weighted by molar-refractivity contribution is -0.144. The van der Waals surface area contributed by atoms with Crippen molar-refractivity contribution < 1.29 is 9.53 Å². The first-order valence-corrected chi connectivity index (χ1v) is 9.11. The van der Waals surface area contributed by atoms with Crippen molar-refractivity contribution in [1.29, 1.82) is 0 Å². The molecule has 0 saturated heterocycles. The van der Waals surface area contributed by atoms with E-state index in [4.69, 9.17) is 16.3 Å². The van der Waals surface area contributed by atoms with Crippen LogP contribution in [0, 0.1) is 13.8 Å². The number of hydrogen-bond acceptors (Lipinski definition) is 7. The van der Waals surface area contributed by atoms with Crippen molar-refractivity contribution in [2.45, 2.75) is 32.0 Å². The molecule has 0 radical (unpaired) electrons. The predicted molar refractivity (Wildman–Crippen MR) is 94.8 cm³/mol. The molecule has 0 unspecified atom stereocenters. The van der Waals surface area contributed by atoms with Gasteiger partial charge >= 0.3 is 5.97 Å². The number of esters is 1. The zero-order chi connectivity index (χ0) is 18.0. The van der Waals surface area contributed by atoms with Crippen LogP contribution in [0.2, 0.25) is 5.15 Å². The van der Waals surface area contributed by atoms with E-state index >= 15 is 0 Å². The van der Waals surface area contributed by atoms with E-state index in [9.17, 15) is 4.79 Å². The van der Waals surface area contributed by atoms with Crippen LogP contribution in [-0.4, -0.2) is 36.8 Å². The van der Waals surface area contributed by atoms with Gasteiger partial charge in [-0.25, -0.2) is 14.5 Å². The van der Waals surface area contributed by atoms with Crippen LogP contribution in [-0.2, 0) is 22.6 Å². The van der Waals surface area contributed by atoms with Crippen LogP contribution in [0.5, 0.6) is 0 Å². The number of nitrogens with zero attached hydrogens (tertiary/aromatic N) is 5. The van der Waals surface area contributed by atoms with E-state index in [1.807, 2.05) is 20.1 Å². The SMILES string of the molecule is CSc1nc2nc(C)c(CC(=O)OCc3ccc(Cl)nc3)c(C)n2n1. The first-order chi connectivity index (χ1) is 12.0. The summed E-state index contributed by atoms with van der Waals surface area (Å²) in [4.78, 5) is 24.9. The molecule has 3 heterocycles. The predicted octanol–water partition coefficient (Wildman–Crippen LogP) is 2.80. The van der Waals surface area contributed by atoms with Gasteiger partial charge in [-0.2, -0.15) is 4.98 Å². The monoisotopic (exact) mass is 377 g/mol. The zero-order valence-corrected chi connectivity index (χ0v) is 15.6. The molecule has 7 nitrogen and oxygen atoms in total. The minimum atomic E-state index is -0.340. The highest BCUT2D eigenvalue weighted by molar-refractivity contribution is 7.98. The Kier molecular flexibility index (Phi) is 5.19. The van der Waals surface area contributed by atoms with Gasteiger partial charge in [0.15, 0.2) is 0 Å². The third kappa shape index (κ3) is 3.91. The van der Waals surface area contributed by atoms with Gasteiger partial charge in [0.25, 0.3) is 5.78 Å². The van der Waals surface area contributed by atoms with Gasteiger partial charge in [-0.3, -0.25) is 4.79 Å². The molecule has 3 aromatic rings. The van der Waals surface area contributed by atoms with Gasteiger partial charge in [0.05, 0.1) is 6.42 Å². The fourth-order valence-corrected chi connectivity index (χ4v) is 2.83. The number of hydrogen-bond donors (Lipinski definition) is 0. The number of aryl methyl sites for hydroxylation is 2. The maximum atomic E-state index is 12.2. The average Bonchev–Trinajstić information content (AvgIpc) is 3.01. The third-order valence-electron chi connectivity index (χ3n) is 3.72. The summed E-state index contributed by atoms with van der Waals surface area (Å²) in [6.07, 6.45) is 3.61. The van der Waals surface area contributed by atoms with Crippen LogP contribution < -0.4 is 0 Å². The first-order valence-electron chi connectivity index (χ1n) is 7.51. The van der Waals surface area contributed by atoms with Gasteiger partial charge in [0, 0.05) is 28.7 Å². The number of halogens is 1. The Balaban J connectivity index is 1.75. The first kappa shape index (κ1) is 17.6. The largest absolute Gasteiger partial charge is 0.460 e. The number of fused-ring (bicyclic) bond motifs is 1. The van der Waals surface area contributed by atoms with Gasteiger partial charge < -0.3 is 4.74 Å². The normalized spacial score (nSPS) is 11.0. The number of carbonyl (C=O) groups excluding carboxylic acids is 1. The van der Waals surface area contributed by atoms with Crippen LogP contribution in [0.3, 0.4) is 0 Å². The topological polar surface area (TPSA) is 82.3 Å². The molecule has 0 saturated carbocycles. The molecule has 0 spiro atoms. The van der Waals surface area contributed by atoms with E-state index in [2.05, 4.69) is 20.1 Å². The Morgan fingerprint density at radius 2 is 2.12 bits per heavy atom. The lowest BCUT2D eigenvalue weighted by Crippen LogP contribution is -2.13.